The van der Waals surface area contributed by atoms with Crippen molar-refractivity contribution in [1.29, 1.82) is 0 Å². The number of rotatable bonds is 7. The zero-order valence-electron chi connectivity index (χ0n) is 11.3. The van der Waals surface area contributed by atoms with Gasteiger partial charge in [-0.1, -0.05) is 26.0 Å². The lowest BCUT2D eigenvalue weighted by Crippen LogP contribution is -2.30. The van der Waals surface area contributed by atoms with Crippen molar-refractivity contribution in [1.82, 2.24) is 5.32 Å². The third-order valence-corrected chi connectivity index (χ3v) is 2.72. The summed E-state index contributed by atoms with van der Waals surface area (Å²) in [5.74, 6) is -1.03. The monoisotopic (exact) mass is 264 g/mol. The summed E-state index contributed by atoms with van der Waals surface area (Å²) < 4.78 is 0. The first-order valence-electron chi connectivity index (χ1n) is 6.35. The largest absolute Gasteiger partial charge is 0.481 e. The molecule has 0 aliphatic rings. The quantitative estimate of drug-likeness (QED) is 0.697. The molecule has 0 fully saturated rings. The first kappa shape index (κ1) is 15.2. The third kappa shape index (κ3) is 5.52. The van der Waals surface area contributed by atoms with E-state index in [2.05, 4.69) is 10.6 Å². The Morgan fingerprint density at radius 3 is 2.42 bits per heavy atom. The maximum Gasteiger partial charge on any atom is 0.307 e. The van der Waals surface area contributed by atoms with Crippen molar-refractivity contribution in [3.05, 3.63) is 29.8 Å². The molecule has 1 aromatic carbocycles. The van der Waals surface area contributed by atoms with Crippen LogP contribution in [0.25, 0.3) is 0 Å². The molecule has 0 spiro atoms. The van der Waals surface area contributed by atoms with Gasteiger partial charge in [-0.2, -0.15) is 0 Å². The van der Waals surface area contributed by atoms with Crippen LogP contribution in [0, 0.1) is 5.92 Å². The van der Waals surface area contributed by atoms with Gasteiger partial charge in [0, 0.05) is 18.2 Å². The fourth-order valence-corrected chi connectivity index (χ4v) is 1.60. The average molecular weight is 264 g/mol. The van der Waals surface area contributed by atoms with Crippen LogP contribution in [0.1, 0.15) is 19.4 Å². The number of hydrogen-bond donors (Lipinski definition) is 3. The molecule has 1 rings (SSSR count). The minimum absolute atomic E-state index is 0.00888. The molecule has 0 aliphatic heterocycles. The number of amides is 1. The summed E-state index contributed by atoms with van der Waals surface area (Å²) in [6.07, 6.45) is -0.00888. The smallest absolute Gasteiger partial charge is 0.307 e. The van der Waals surface area contributed by atoms with Crippen LogP contribution in [-0.2, 0) is 16.0 Å². The molecule has 1 atom stereocenters. The highest BCUT2D eigenvalue weighted by Gasteiger charge is 2.12. The van der Waals surface area contributed by atoms with E-state index in [1.165, 1.54) is 0 Å². The highest BCUT2D eigenvalue weighted by atomic mass is 16.4. The number of carboxylic acids is 1. The minimum Gasteiger partial charge on any atom is -0.481 e. The molecule has 0 aliphatic carbocycles. The molecule has 3 N–H and O–H groups in total. The van der Waals surface area contributed by atoms with Crippen molar-refractivity contribution in [2.75, 3.05) is 18.4 Å². The van der Waals surface area contributed by atoms with Crippen LogP contribution >= 0.6 is 0 Å². The predicted octanol–water partition coefficient (Wildman–Crippen LogP) is 1.50. The molecule has 0 saturated heterocycles. The molecular formula is C14H20N2O3. The van der Waals surface area contributed by atoms with Gasteiger partial charge in [-0.15, -0.1) is 0 Å². The van der Waals surface area contributed by atoms with Crippen molar-refractivity contribution in [2.45, 2.75) is 20.3 Å². The van der Waals surface area contributed by atoms with Crippen LogP contribution < -0.4 is 10.6 Å². The van der Waals surface area contributed by atoms with Crippen LogP contribution in [-0.4, -0.2) is 30.1 Å². The second kappa shape index (κ2) is 7.53. The van der Waals surface area contributed by atoms with E-state index >= 15 is 0 Å². The van der Waals surface area contributed by atoms with Gasteiger partial charge in [-0.05, 0) is 24.2 Å². The third-order valence-electron chi connectivity index (χ3n) is 2.72. The fourth-order valence-electron chi connectivity index (χ4n) is 1.60. The van der Waals surface area contributed by atoms with Gasteiger partial charge in [-0.25, -0.2) is 0 Å². The predicted molar refractivity (Wildman–Crippen MR) is 74.1 cm³/mol. The van der Waals surface area contributed by atoms with Gasteiger partial charge < -0.3 is 15.7 Å². The lowest BCUT2D eigenvalue weighted by atomic mass is 10.1. The summed E-state index contributed by atoms with van der Waals surface area (Å²) in [7, 11) is 0. The number of benzene rings is 1. The van der Waals surface area contributed by atoms with Gasteiger partial charge in [0.05, 0.1) is 6.42 Å². The topological polar surface area (TPSA) is 78.4 Å². The molecule has 0 bridgehead atoms. The van der Waals surface area contributed by atoms with Gasteiger partial charge in [-0.3, -0.25) is 9.59 Å². The van der Waals surface area contributed by atoms with Crippen LogP contribution in [0.4, 0.5) is 5.69 Å². The van der Waals surface area contributed by atoms with Gasteiger partial charge in [0.1, 0.15) is 0 Å². The van der Waals surface area contributed by atoms with Gasteiger partial charge in [0.25, 0.3) is 0 Å². The second-order valence-corrected chi connectivity index (χ2v) is 4.47. The summed E-state index contributed by atoms with van der Waals surface area (Å²) in [6.45, 7) is 5.32. The lowest BCUT2D eigenvalue weighted by molar-refractivity contribution is -0.136. The van der Waals surface area contributed by atoms with Gasteiger partial charge in [0.15, 0.2) is 0 Å². The molecule has 5 heteroatoms. The Kier molecular flexibility index (Phi) is 6.02. The number of nitrogens with one attached hydrogen (secondary N) is 2. The Bertz CT molecular complexity index is 429. The minimum atomic E-state index is -0.865. The molecule has 0 saturated carbocycles. The molecule has 1 amide bonds. The van der Waals surface area contributed by atoms with Crippen LogP contribution in [0.2, 0.25) is 0 Å². The fraction of sp³-hybridized carbons (Fsp3) is 0.429. The van der Waals surface area contributed by atoms with Crippen LogP contribution in [0.5, 0.6) is 0 Å². The van der Waals surface area contributed by atoms with E-state index in [-0.39, 0.29) is 18.2 Å². The summed E-state index contributed by atoms with van der Waals surface area (Å²) >= 11 is 0. The van der Waals surface area contributed by atoms with Gasteiger partial charge >= 0.3 is 5.97 Å². The van der Waals surface area contributed by atoms with E-state index in [1.807, 2.05) is 13.8 Å². The summed E-state index contributed by atoms with van der Waals surface area (Å²) in [5, 5.41) is 14.6. The molecule has 104 valence electrons. The zero-order valence-corrected chi connectivity index (χ0v) is 11.3. The molecule has 0 heterocycles. The van der Waals surface area contributed by atoms with E-state index in [9.17, 15) is 9.59 Å². The van der Waals surface area contributed by atoms with E-state index in [0.29, 0.717) is 17.8 Å². The van der Waals surface area contributed by atoms with Gasteiger partial charge in [0.2, 0.25) is 5.91 Å². The van der Waals surface area contributed by atoms with E-state index in [0.717, 1.165) is 6.54 Å². The molecular weight excluding hydrogens is 244 g/mol. The zero-order chi connectivity index (χ0) is 14.3. The van der Waals surface area contributed by atoms with E-state index < -0.39 is 5.97 Å². The van der Waals surface area contributed by atoms with Crippen molar-refractivity contribution < 1.29 is 14.7 Å². The molecule has 0 radical (unpaired) electrons. The van der Waals surface area contributed by atoms with Crippen molar-refractivity contribution in [2.24, 2.45) is 5.92 Å². The van der Waals surface area contributed by atoms with Crippen molar-refractivity contribution >= 4 is 17.6 Å². The SMILES string of the molecule is CCNCC(C)C(=O)Nc1ccc(CC(=O)O)cc1. The van der Waals surface area contributed by atoms with Crippen LogP contribution in [0.15, 0.2) is 24.3 Å². The average Bonchev–Trinajstić information content (AvgIpc) is 2.37. The number of hydrogen-bond acceptors (Lipinski definition) is 3. The lowest BCUT2D eigenvalue weighted by Gasteiger charge is -2.12. The standard InChI is InChI=1S/C14H20N2O3/c1-3-15-9-10(2)14(19)16-12-6-4-11(5-7-12)8-13(17)18/h4-7,10,15H,3,8-9H2,1-2H3,(H,16,19)(H,17,18). The Labute approximate surface area is 113 Å². The molecule has 5 nitrogen and oxygen atoms in total. The summed E-state index contributed by atoms with van der Waals surface area (Å²) in [5.41, 5.74) is 1.40. The Hall–Kier alpha value is -1.88. The summed E-state index contributed by atoms with van der Waals surface area (Å²) in [4.78, 5) is 22.4. The first-order chi connectivity index (χ1) is 9.02. The number of carbonyl (C=O) groups excluding carboxylic acids is 1. The van der Waals surface area contributed by atoms with Crippen molar-refractivity contribution in [3.8, 4) is 0 Å². The second-order valence-electron chi connectivity index (χ2n) is 4.47. The normalized spacial score (nSPS) is 11.9. The van der Waals surface area contributed by atoms with E-state index in [4.69, 9.17) is 5.11 Å². The Morgan fingerprint density at radius 1 is 1.26 bits per heavy atom. The highest BCUT2D eigenvalue weighted by molar-refractivity contribution is 5.92. The number of aliphatic carboxylic acids is 1. The maximum absolute atomic E-state index is 11.8. The maximum atomic E-state index is 11.8. The Morgan fingerprint density at radius 2 is 1.89 bits per heavy atom. The highest BCUT2D eigenvalue weighted by Crippen LogP contribution is 2.11. The number of anilines is 1. The Balaban J connectivity index is 2.52. The summed E-state index contributed by atoms with van der Waals surface area (Å²) in [6, 6.07) is 6.85. The van der Waals surface area contributed by atoms with Crippen LogP contribution in [0.3, 0.4) is 0 Å². The number of carbonyl (C=O) groups is 2. The van der Waals surface area contributed by atoms with E-state index in [1.54, 1.807) is 24.3 Å². The first-order valence-corrected chi connectivity index (χ1v) is 6.35. The molecule has 0 aromatic heterocycles. The molecule has 19 heavy (non-hydrogen) atoms. The van der Waals surface area contributed by atoms with Crippen molar-refractivity contribution in [3.63, 3.8) is 0 Å². The number of carboxylic acid groups (broad SMARTS) is 1. The molecule has 1 aromatic rings. The molecule has 1 unspecified atom stereocenters.